The molecule has 102 valence electrons. The van der Waals surface area contributed by atoms with E-state index in [1.165, 1.54) is 12.1 Å². The minimum Gasteiger partial charge on any atom is -0.348 e. The lowest BCUT2D eigenvalue weighted by atomic mass is 10.2. The molecule has 1 amide bonds. The van der Waals surface area contributed by atoms with Crippen molar-refractivity contribution in [2.45, 2.75) is 6.54 Å². The number of hydrogen-bond donors (Lipinski definition) is 1. The van der Waals surface area contributed by atoms with Gasteiger partial charge in [0.05, 0.1) is 0 Å². The van der Waals surface area contributed by atoms with E-state index in [-0.39, 0.29) is 18.3 Å². The van der Waals surface area contributed by atoms with Crippen LogP contribution in [0.3, 0.4) is 0 Å². The highest BCUT2D eigenvalue weighted by molar-refractivity contribution is 9.10. The quantitative estimate of drug-likeness (QED) is 0.844. The first-order valence-electron chi connectivity index (χ1n) is 6.10. The maximum atomic E-state index is 13.4. The van der Waals surface area contributed by atoms with Gasteiger partial charge in [0, 0.05) is 22.7 Å². The first-order valence-corrected chi connectivity index (χ1v) is 6.90. The number of carbonyl (C=O) groups is 1. The van der Waals surface area contributed by atoms with Crippen LogP contribution >= 0.6 is 15.9 Å². The highest BCUT2D eigenvalue weighted by atomic mass is 79.9. The molecule has 0 heterocycles. The summed E-state index contributed by atoms with van der Waals surface area (Å²) in [6, 6.07) is 14.0. The van der Waals surface area contributed by atoms with Gasteiger partial charge in [-0.2, -0.15) is 0 Å². The topological polar surface area (TPSA) is 29.1 Å². The van der Waals surface area contributed by atoms with E-state index in [2.05, 4.69) is 21.2 Å². The normalized spacial score (nSPS) is 10.7. The van der Waals surface area contributed by atoms with Gasteiger partial charge < -0.3 is 5.32 Å². The lowest BCUT2D eigenvalue weighted by molar-refractivity contribution is -0.116. The SMILES string of the molecule is O=C(/C=C/c1ccccc1Br)NCc1ccccc1F. The molecule has 0 fully saturated rings. The van der Waals surface area contributed by atoms with Crippen LogP contribution in [0.1, 0.15) is 11.1 Å². The monoisotopic (exact) mass is 333 g/mol. The highest BCUT2D eigenvalue weighted by Gasteiger charge is 2.02. The lowest BCUT2D eigenvalue weighted by Gasteiger charge is -2.03. The number of benzene rings is 2. The van der Waals surface area contributed by atoms with E-state index in [9.17, 15) is 9.18 Å². The van der Waals surface area contributed by atoms with Crippen molar-refractivity contribution in [2.75, 3.05) is 0 Å². The third-order valence-electron chi connectivity index (χ3n) is 2.73. The van der Waals surface area contributed by atoms with Crippen molar-refractivity contribution in [1.82, 2.24) is 5.32 Å². The average molecular weight is 334 g/mol. The molecule has 0 saturated heterocycles. The van der Waals surface area contributed by atoms with E-state index < -0.39 is 0 Å². The summed E-state index contributed by atoms with van der Waals surface area (Å²) in [5.74, 6) is -0.577. The van der Waals surface area contributed by atoms with Gasteiger partial charge in [0.2, 0.25) is 5.91 Å². The Morgan fingerprint density at radius 3 is 2.60 bits per heavy atom. The molecule has 4 heteroatoms. The van der Waals surface area contributed by atoms with Crippen molar-refractivity contribution in [3.8, 4) is 0 Å². The molecule has 2 aromatic rings. The second kappa shape index (κ2) is 7.01. The van der Waals surface area contributed by atoms with Gasteiger partial charge >= 0.3 is 0 Å². The van der Waals surface area contributed by atoms with Crippen molar-refractivity contribution in [1.29, 1.82) is 0 Å². The summed E-state index contributed by atoms with van der Waals surface area (Å²) in [6.07, 6.45) is 3.14. The number of halogens is 2. The van der Waals surface area contributed by atoms with Crippen LogP contribution in [-0.2, 0) is 11.3 Å². The maximum absolute atomic E-state index is 13.4. The molecule has 0 aromatic heterocycles. The molecule has 0 spiro atoms. The van der Waals surface area contributed by atoms with Crippen molar-refractivity contribution >= 4 is 27.9 Å². The number of hydrogen-bond acceptors (Lipinski definition) is 1. The van der Waals surface area contributed by atoms with Crippen LogP contribution in [-0.4, -0.2) is 5.91 Å². The summed E-state index contributed by atoms with van der Waals surface area (Å²) in [5, 5.41) is 2.65. The van der Waals surface area contributed by atoms with Crippen molar-refractivity contribution in [3.63, 3.8) is 0 Å². The Labute approximate surface area is 125 Å². The molecule has 0 aliphatic heterocycles. The zero-order valence-electron chi connectivity index (χ0n) is 10.6. The molecule has 0 aliphatic rings. The number of rotatable bonds is 4. The summed E-state index contributed by atoms with van der Waals surface area (Å²) >= 11 is 3.40. The van der Waals surface area contributed by atoms with Gasteiger partial charge in [-0.3, -0.25) is 4.79 Å². The average Bonchev–Trinajstić information content (AvgIpc) is 2.45. The van der Waals surface area contributed by atoms with Crippen LogP contribution in [0.4, 0.5) is 4.39 Å². The fourth-order valence-corrected chi connectivity index (χ4v) is 2.08. The zero-order chi connectivity index (χ0) is 14.4. The van der Waals surface area contributed by atoms with Crippen molar-refractivity contribution < 1.29 is 9.18 Å². The van der Waals surface area contributed by atoms with E-state index in [0.717, 1.165) is 10.0 Å². The Kier molecular flexibility index (Phi) is 5.07. The molecule has 0 unspecified atom stereocenters. The Balaban J connectivity index is 1.93. The number of nitrogens with one attached hydrogen (secondary N) is 1. The van der Waals surface area contributed by atoms with Gasteiger partial charge in [0.15, 0.2) is 0 Å². The summed E-state index contributed by atoms with van der Waals surface area (Å²) in [6.45, 7) is 0.172. The van der Waals surface area contributed by atoms with E-state index in [4.69, 9.17) is 0 Å². The standard InChI is InChI=1S/C16H13BrFNO/c17-14-7-3-1-5-12(14)9-10-16(20)19-11-13-6-2-4-8-15(13)18/h1-10H,11H2,(H,19,20)/b10-9+. The summed E-state index contributed by atoms with van der Waals surface area (Å²) in [5.41, 5.74) is 1.38. The molecule has 2 rings (SSSR count). The smallest absolute Gasteiger partial charge is 0.244 e. The van der Waals surface area contributed by atoms with Gasteiger partial charge in [0.25, 0.3) is 0 Å². The Hall–Kier alpha value is -1.94. The van der Waals surface area contributed by atoms with E-state index in [1.807, 2.05) is 24.3 Å². The molecular weight excluding hydrogens is 321 g/mol. The third-order valence-corrected chi connectivity index (χ3v) is 3.45. The van der Waals surface area contributed by atoms with Crippen LogP contribution < -0.4 is 5.32 Å². The third kappa shape index (κ3) is 4.03. The molecule has 2 aromatic carbocycles. The minimum atomic E-state index is -0.317. The van der Waals surface area contributed by atoms with Crippen LogP contribution in [0.25, 0.3) is 6.08 Å². The summed E-state index contributed by atoms with van der Waals surface area (Å²) in [4.78, 5) is 11.7. The summed E-state index contributed by atoms with van der Waals surface area (Å²) < 4.78 is 14.3. The Morgan fingerprint density at radius 2 is 1.85 bits per heavy atom. The Bertz CT molecular complexity index is 640. The molecule has 1 N–H and O–H groups in total. The van der Waals surface area contributed by atoms with E-state index in [1.54, 1.807) is 24.3 Å². The molecule has 20 heavy (non-hydrogen) atoms. The molecular formula is C16H13BrFNO. The highest BCUT2D eigenvalue weighted by Crippen LogP contribution is 2.16. The predicted octanol–water partition coefficient (Wildman–Crippen LogP) is 3.92. The molecule has 0 radical (unpaired) electrons. The molecule has 0 atom stereocenters. The van der Waals surface area contributed by atoms with Gasteiger partial charge in [0.1, 0.15) is 5.82 Å². The zero-order valence-corrected chi connectivity index (χ0v) is 12.2. The van der Waals surface area contributed by atoms with Gasteiger partial charge in [-0.05, 0) is 23.8 Å². The second-order valence-electron chi connectivity index (χ2n) is 4.16. The largest absolute Gasteiger partial charge is 0.348 e. The van der Waals surface area contributed by atoms with Gasteiger partial charge in [-0.15, -0.1) is 0 Å². The molecule has 2 nitrogen and oxygen atoms in total. The fraction of sp³-hybridized carbons (Fsp3) is 0.0625. The second-order valence-corrected chi connectivity index (χ2v) is 5.02. The first kappa shape index (κ1) is 14.5. The minimum absolute atomic E-state index is 0.172. The van der Waals surface area contributed by atoms with E-state index in [0.29, 0.717) is 5.56 Å². The molecule has 0 saturated carbocycles. The van der Waals surface area contributed by atoms with Crippen LogP contribution in [0.5, 0.6) is 0 Å². The number of amides is 1. The molecule has 0 aliphatic carbocycles. The van der Waals surface area contributed by atoms with Gasteiger partial charge in [-0.1, -0.05) is 52.3 Å². The Morgan fingerprint density at radius 1 is 1.15 bits per heavy atom. The van der Waals surface area contributed by atoms with Gasteiger partial charge in [-0.25, -0.2) is 4.39 Å². The molecule has 0 bridgehead atoms. The number of carbonyl (C=O) groups excluding carboxylic acids is 1. The van der Waals surface area contributed by atoms with Crippen LogP contribution in [0, 0.1) is 5.82 Å². The van der Waals surface area contributed by atoms with Crippen molar-refractivity contribution in [2.24, 2.45) is 0 Å². The lowest BCUT2D eigenvalue weighted by Crippen LogP contribution is -2.20. The first-order chi connectivity index (χ1) is 9.66. The van der Waals surface area contributed by atoms with Crippen LogP contribution in [0.15, 0.2) is 59.1 Å². The predicted molar refractivity (Wildman–Crippen MR) is 81.4 cm³/mol. The van der Waals surface area contributed by atoms with Crippen molar-refractivity contribution in [3.05, 3.63) is 76.0 Å². The van der Waals surface area contributed by atoms with E-state index >= 15 is 0 Å². The maximum Gasteiger partial charge on any atom is 0.244 e. The van der Waals surface area contributed by atoms with Crippen LogP contribution in [0.2, 0.25) is 0 Å². The fourth-order valence-electron chi connectivity index (χ4n) is 1.66. The summed E-state index contributed by atoms with van der Waals surface area (Å²) in [7, 11) is 0.